The number of sulfonamides is 1. The van der Waals surface area contributed by atoms with Crippen LogP contribution in [0.25, 0.3) is 0 Å². The molecule has 0 heterocycles. The quantitative estimate of drug-likeness (QED) is 0.551. The Kier molecular flexibility index (Phi) is 7.25. The van der Waals surface area contributed by atoms with Crippen molar-refractivity contribution in [3.8, 4) is 5.75 Å². The van der Waals surface area contributed by atoms with Crippen molar-refractivity contribution in [1.29, 1.82) is 0 Å². The Labute approximate surface area is 181 Å². The number of hydrogen-bond acceptors (Lipinski definition) is 4. The molecule has 0 aliphatic rings. The van der Waals surface area contributed by atoms with Crippen molar-refractivity contribution in [2.75, 3.05) is 24.5 Å². The zero-order chi connectivity index (χ0) is 22.3. The van der Waals surface area contributed by atoms with E-state index in [-0.39, 0.29) is 10.6 Å². The number of methoxy groups -OCH3 is 1. The summed E-state index contributed by atoms with van der Waals surface area (Å²) in [4.78, 5) is 12.5. The predicted octanol–water partition coefficient (Wildman–Crippen LogP) is 3.39. The highest BCUT2D eigenvalue weighted by Gasteiger charge is 2.29. The Balaban J connectivity index is 1.84. The number of rotatable bonds is 9. The van der Waals surface area contributed by atoms with Crippen LogP contribution in [0.5, 0.6) is 5.75 Å². The summed E-state index contributed by atoms with van der Waals surface area (Å²) < 4.78 is 46.2. The van der Waals surface area contributed by atoms with E-state index in [4.69, 9.17) is 4.74 Å². The maximum Gasteiger partial charge on any atom is 0.264 e. The largest absolute Gasteiger partial charge is 0.495 e. The van der Waals surface area contributed by atoms with E-state index in [0.717, 1.165) is 22.0 Å². The topological polar surface area (TPSA) is 75.7 Å². The van der Waals surface area contributed by atoms with Gasteiger partial charge >= 0.3 is 0 Å². The normalized spacial score (nSPS) is 11.0. The first-order chi connectivity index (χ1) is 14.9. The number of ether oxygens (including phenoxy) is 1. The Morgan fingerprint density at radius 1 is 0.968 bits per heavy atom. The fourth-order valence-corrected chi connectivity index (χ4v) is 4.48. The number of benzene rings is 3. The maximum atomic E-state index is 13.3. The molecule has 0 radical (unpaired) electrons. The van der Waals surface area contributed by atoms with Gasteiger partial charge in [-0.1, -0.05) is 42.5 Å². The molecule has 8 heteroatoms. The first-order valence-electron chi connectivity index (χ1n) is 9.64. The van der Waals surface area contributed by atoms with Gasteiger partial charge in [-0.3, -0.25) is 9.10 Å². The van der Waals surface area contributed by atoms with Gasteiger partial charge in [0.15, 0.2) is 0 Å². The summed E-state index contributed by atoms with van der Waals surface area (Å²) in [5.74, 6) is -0.723. The van der Waals surface area contributed by atoms with Crippen molar-refractivity contribution in [3.63, 3.8) is 0 Å². The highest BCUT2D eigenvalue weighted by Crippen LogP contribution is 2.32. The van der Waals surface area contributed by atoms with E-state index in [9.17, 15) is 17.6 Å². The molecule has 3 aromatic carbocycles. The first-order valence-corrected chi connectivity index (χ1v) is 11.1. The number of carbonyl (C=O) groups is 1. The van der Waals surface area contributed by atoms with E-state index in [1.165, 1.54) is 19.2 Å². The van der Waals surface area contributed by atoms with Crippen LogP contribution in [0.3, 0.4) is 0 Å². The number of hydrogen-bond donors (Lipinski definition) is 1. The fourth-order valence-electron chi connectivity index (χ4n) is 3.05. The molecule has 0 saturated carbocycles. The molecular weight excluding hydrogens is 419 g/mol. The summed E-state index contributed by atoms with van der Waals surface area (Å²) in [6.07, 6.45) is 0.617. The van der Waals surface area contributed by atoms with Crippen molar-refractivity contribution in [2.24, 2.45) is 0 Å². The third-order valence-electron chi connectivity index (χ3n) is 4.62. The van der Waals surface area contributed by atoms with E-state index in [0.29, 0.717) is 18.7 Å². The highest BCUT2D eigenvalue weighted by atomic mass is 32.2. The summed E-state index contributed by atoms with van der Waals surface area (Å²) in [6.45, 7) is -0.0892. The lowest BCUT2D eigenvalue weighted by Crippen LogP contribution is -2.41. The number of amides is 1. The molecule has 0 atom stereocenters. The lowest BCUT2D eigenvalue weighted by atomic mass is 10.1. The van der Waals surface area contributed by atoms with Gasteiger partial charge in [0, 0.05) is 6.54 Å². The fraction of sp³-hybridized carbons (Fsp3) is 0.174. The smallest absolute Gasteiger partial charge is 0.264 e. The molecule has 0 aromatic heterocycles. The van der Waals surface area contributed by atoms with Gasteiger partial charge < -0.3 is 10.1 Å². The Hall–Kier alpha value is -3.39. The third kappa shape index (κ3) is 5.61. The molecule has 0 fully saturated rings. The van der Waals surface area contributed by atoms with Gasteiger partial charge in [0.05, 0.1) is 17.7 Å². The van der Waals surface area contributed by atoms with Crippen LogP contribution in [0.2, 0.25) is 0 Å². The van der Waals surface area contributed by atoms with Crippen molar-refractivity contribution in [3.05, 3.63) is 90.2 Å². The molecule has 0 aliphatic carbocycles. The third-order valence-corrected chi connectivity index (χ3v) is 6.40. The Morgan fingerprint density at radius 2 is 1.61 bits per heavy atom. The van der Waals surface area contributed by atoms with Crippen molar-refractivity contribution in [2.45, 2.75) is 11.3 Å². The van der Waals surface area contributed by atoms with Crippen molar-refractivity contribution < 1.29 is 22.3 Å². The molecule has 1 amide bonds. The van der Waals surface area contributed by atoms with Gasteiger partial charge in [-0.2, -0.15) is 0 Å². The van der Waals surface area contributed by atoms with Crippen molar-refractivity contribution >= 4 is 21.6 Å². The van der Waals surface area contributed by atoms with Crippen LogP contribution in [-0.2, 0) is 21.2 Å². The minimum atomic E-state index is -4.15. The zero-order valence-electron chi connectivity index (χ0n) is 17.0. The molecule has 0 aliphatic heterocycles. The molecule has 3 aromatic rings. The second-order valence-electron chi connectivity index (χ2n) is 6.72. The van der Waals surface area contributed by atoms with Crippen LogP contribution >= 0.6 is 0 Å². The Morgan fingerprint density at radius 3 is 2.29 bits per heavy atom. The molecule has 3 rings (SSSR count). The maximum absolute atomic E-state index is 13.3. The number of nitrogens with zero attached hydrogens (tertiary/aromatic N) is 1. The summed E-state index contributed by atoms with van der Waals surface area (Å²) in [5, 5.41) is 2.76. The van der Waals surface area contributed by atoms with Gasteiger partial charge in [0.25, 0.3) is 10.0 Å². The van der Waals surface area contributed by atoms with Crippen LogP contribution in [0.15, 0.2) is 83.8 Å². The summed E-state index contributed by atoms with van der Waals surface area (Å²) in [5.41, 5.74) is 1.27. The van der Waals surface area contributed by atoms with E-state index in [1.807, 2.05) is 30.3 Å². The minimum Gasteiger partial charge on any atom is -0.495 e. The monoisotopic (exact) mass is 442 g/mol. The molecule has 31 heavy (non-hydrogen) atoms. The van der Waals surface area contributed by atoms with Crippen LogP contribution < -0.4 is 14.4 Å². The van der Waals surface area contributed by atoms with Crippen LogP contribution in [0.1, 0.15) is 5.56 Å². The van der Waals surface area contributed by atoms with Crippen LogP contribution in [0, 0.1) is 5.82 Å². The molecule has 162 valence electrons. The number of anilines is 1. The molecule has 6 nitrogen and oxygen atoms in total. The standard InChI is InChI=1S/C23H23FN2O4S/c1-30-22-10-6-5-9-21(22)26(31(28,29)20-13-11-19(24)12-14-20)17-23(27)25-16-15-18-7-3-2-4-8-18/h2-14H,15-17H2,1H3,(H,25,27). The number of halogens is 1. The SMILES string of the molecule is COc1ccccc1N(CC(=O)NCCc1ccccc1)S(=O)(=O)c1ccc(F)cc1. The Bertz CT molecular complexity index is 1120. The van der Waals surface area contributed by atoms with Crippen LogP contribution in [0.4, 0.5) is 10.1 Å². The highest BCUT2D eigenvalue weighted by molar-refractivity contribution is 7.92. The van der Waals surface area contributed by atoms with E-state index in [2.05, 4.69) is 5.32 Å². The van der Waals surface area contributed by atoms with Gasteiger partial charge in [-0.05, 0) is 48.4 Å². The number of nitrogens with one attached hydrogen (secondary N) is 1. The molecule has 0 saturated heterocycles. The number of para-hydroxylation sites is 2. The predicted molar refractivity (Wildman–Crippen MR) is 117 cm³/mol. The van der Waals surface area contributed by atoms with Gasteiger partial charge in [-0.25, -0.2) is 12.8 Å². The molecule has 0 unspecified atom stereocenters. The van der Waals surface area contributed by atoms with Gasteiger partial charge in [0.1, 0.15) is 18.1 Å². The van der Waals surface area contributed by atoms with E-state index in [1.54, 1.807) is 24.3 Å². The summed E-state index contributed by atoms with van der Waals surface area (Å²) in [6, 6.07) is 20.6. The van der Waals surface area contributed by atoms with Crippen LogP contribution in [-0.4, -0.2) is 34.5 Å². The lowest BCUT2D eigenvalue weighted by molar-refractivity contribution is -0.119. The van der Waals surface area contributed by atoms with Gasteiger partial charge in [-0.15, -0.1) is 0 Å². The second kappa shape index (κ2) is 10.1. The molecule has 1 N–H and O–H groups in total. The molecule has 0 spiro atoms. The van der Waals surface area contributed by atoms with Gasteiger partial charge in [0.2, 0.25) is 5.91 Å². The lowest BCUT2D eigenvalue weighted by Gasteiger charge is -2.25. The average Bonchev–Trinajstić information content (AvgIpc) is 2.78. The van der Waals surface area contributed by atoms with E-state index < -0.39 is 28.3 Å². The van der Waals surface area contributed by atoms with Crippen molar-refractivity contribution in [1.82, 2.24) is 5.32 Å². The minimum absolute atomic E-state index is 0.128. The molecule has 0 bridgehead atoms. The average molecular weight is 443 g/mol. The molecular formula is C23H23FN2O4S. The second-order valence-corrected chi connectivity index (χ2v) is 8.59. The first kappa shape index (κ1) is 22.3. The van der Waals surface area contributed by atoms with E-state index >= 15 is 0 Å². The zero-order valence-corrected chi connectivity index (χ0v) is 17.8. The summed E-state index contributed by atoms with van der Waals surface area (Å²) >= 11 is 0. The summed E-state index contributed by atoms with van der Waals surface area (Å²) in [7, 11) is -2.73. The number of carbonyl (C=O) groups excluding carboxylic acids is 1.